The molecule has 3 heterocycles. The number of amides is 1. The summed E-state index contributed by atoms with van der Waals surface area (Å²) in [5, 5.41) is 0. The fourth-order valence-corrected chi connectivity index (χ4v) is 3.67. The van der Waals surface area contributed by atoms with Gasteiger partial charge in [-0.25, -0.2) is 19.7 Å². The molecule has 3 N–H and O–H groups in total. The molecule has 0 atom stereocenters. The third-order valence-electron chi connectivity index (χ3n) is 5.42. The number of nitrogen functional groups attached to an aromatic ring is 1. The number of hydrogen-bond acceptors (Lipinski definition) is 6. The maximum Gasteiger partial charge on any atom is 0.410 e. The first kappa shape index (κ1) is 19.7. The molecular formula is C24H22N6O2. The monoisotopic (exact) mass is 426 g/mol. The molecule has 0 bridgehead atoms. The first-order valence-electron chi connectivity index (χ1n) is 10.4. The molecule has 0 saturated heterocycles. The van der Waals surface area contributed by atoms with Crippen LogP contribution in [0, 0.1) is 0 Å². The summed E-state index contributed by atoms with van der Waals surface area (Å²) in [6.45, 7) is 1.26. The zero-order chi connectivity index (χ0) is 21.9. The Labute approximate surface area is 184 Å². The predicted octanol–water partition coefficient (Wildman–Crippen LogP) is 4.03. The average molecular weight is 426 g/mol. The van der Waals surface area contributed by atoms with E-state index in [4.69, 9.17) is 15.5 Å². The Morgan fingerprint density at radius 1 is 1.09 bits per heavy atom. The molecule has 1 aliphatic rings. The second-order valence-electron chi connectivity index (χ2n) is 7.56. The zero-order valence-corrected chi connectivity index (χ0v) is 17.4. The number of rotatable bonds is 4. The minimum Gasteiger partial charge on any atom is -0.445 e. The first-order valence-corrected chi connectivity index (χ1v) is 10.4. The van der Waals surface area contributed by atoms with E-state index in [9.17, 15) is 4.79 Å². The highest BCUT2D eigenvalue weighted by Crippen LogP contribution is 2.27. The number of ether oxygens (including phenoxy) is 1. The molecule has 4 aromatic rings. The Kier molecular flexibility index (Phi) is 5.25. The van der Waals surface area contributed by atoms with Crippen LogP contribution in [-0.2, 0) is 11.3 Å². The van der Waals surface area contributed by atoms with Gasteiger partial charge in [0.25, 0.3) is 0 Å². The average Bonchev–Trinajstić information content (AvgIpc) is 3.28. The molecule has 32 heavy (non-hydrogen) atoms. The van der Waals surface area contributed by atoms with Crippen LogP contribution >= 0.6 is 0 Å². The Bertz CT molecular complexity index is 1270. The van der Waals surface area contributed by atoms with Gasteiger partial charge in [0.15, 0.2) is 11.6 Å². The van der Waals surface area contributed by atoms with Gasteiger partial charge in [0.2, 0.25) is 0 Å². The molecule has 1 aliphatic heterocycles. The summed E-state index contributed by atoms with van der Waals surface area (Å²) < 4.78 is 5.43. The molecular weight excluding hydrogens is 404 g/mol. The van der Waals surface area contributed by atoms with Crippen molar-refractivity contribution >= 4 is 28.5 Å². The number of fused-ring (bicyclic) bond motifs is 1. The predicted molar refractivity (Wildman–Crippen MR) is 122 cm³/mol. The van der Waals surface area contributed by atoms with Gasteiger partial charge in [-0.3, -0.25) is 0 Å². The summed E-state index contributed by atoms with van der Waals surface area (Å²) in [5.41, 5.74) is 11.1. The molecule has 0 saturated carbocycles. The molecule has 1 amide bonds. The topological polar surface area (TPSA) is 110 Å². The number of nitrogens with two attached hydrogens (primary N) is 1. The molecule has 0 fully saturated rings. The summed E-state index contributed by atoms with van der Waals surface area (Å²) in [6, 6.07) is 17.4. The standard InChI is InChI=1S/C24H22N6O2/c25-22-21(23-28-18-8-4-5-9-19(18)29-23)27-20(14-26-22)17-10-12-30(13-11-17)24(31)32-15-16-6-2-1-3-7-16/h1-10,14H,11-13,15H2,(H2,25,26)(H,28,29). The summed E-state index contributed by atoms with van der Waals surface area (Å²) in [7, 11) is 0. The van der Waals surface area contributed by atoms with Gasteiger partial charge in [0.1, 0.15) is 12.3 Å². The molecule has 0 radical (unpaired) electrons. The smallest absolute Gasteiger partial charge is 0.410 e. The lowest BCUT2D eigenvalue weighted by atomic mass is 10.1. The van der Waals surface area contributed by atoms with Crippen molar-refractivity contribution in [1.82, 2.24) is 24.8 Å². The highest BCUT2D eigenvalue weighted by molar-refractivity contribution is 5.81. The molecule has 0 aliphatic carbocycles. The largest absolute Gasteiger partial charge is 0.445 e. The Morgan fingerprint density at radius 2 is 1.91 bits per heavy atom. The van der Waals surface area contributed by atoms with Crippen LogP contribution in [0.1, 0.15) is 17.7 Å². The number of aromatic nitrogens is 4. The van der Waals surface area contributed by atoms with Crippen molar-refractivity contribution in [2.24, 2.45) is 0 Å². The van der Waals surface area contributed by atoms with E-state index in [1.807, 2.05) is 60.7 Å². The number of para-hydroxylation sites is 2. The van der Waals surface area contributed by atoms with Crippen LogP contribution in [0.15, 0.2) is 66.9 Å². The molecule has 160 valence electrons. The number of nitrogens with one attached hydrogen (secondary N) is 1. The van der Waals surface area contributed by atoms with Gasteiger partial charge in [-0.2, -0.15) is 0 Å². The fourth-order valence-electron chi connectivity index (χ4n) is 3.67. The van der Waals surface area contributed by atoms with Crippen LogP contribution in [0.5, 0.6) is 0 Å². The van der Waals surface area contributed by atoms with Crippen LogP contribution in [0.3, 0.4) is 0 Å². The van der Waals surface area contributed by atoms with Gasteiger partial charge < -0.3 is 20.4 Å². The van der Waals surface area contributed by atoms with Crippen molar-refractivity contribution in [3.8, 4) is 11.5 Å². The number of aromatic amines is 1. The minimum absolute atomic E-state index is 0.261. The fraction of sp³-hybridized carbons (Fsp3) is 0.167. The summed E-state index contributed by atoms with van der Waals surface area (Å²) >= 11 is 0. The second kappa shape index (κ2) is 8.50. The molecule has 0 spiro atoms. The number of imidazole rings is 1. The molecule has 5 rings (SSSR count). The van der Waals surface area contributed by atoms with E-state index < -0.39 is 0 Å². The van der Waals surface area contributed by atoms with Gasteiger partial charge in [-0.15, -0.1) is 0 Å². The summed E-state index contributed by atoms with van der Waals surface area (Å²) in [4.78, 5) is 31.0. The van der Waals surface area contributed by atoms with Crippen molar-refractivity contribution in [1.29, 1.82) is 0 Å². The van der Waals surface area contributed by atoms with Gasteiger partial charge in [0.05, 0.1) is 22.9 Å². The normalized spacial score (nSPS) is 13.8. The van der Waals surface area contributed by atoms with Crippen molar-refractivity contribution in [3.63, 3.8) is 0 Å². The third-order valence-corrected chi connectivity index (χ3v) is 5.42. The quantitative estimate of drug-likeness (QED) is 0.510. The van der Waals surface area contributed by atoms with Crippen molar-refractivity contribution < 1.29 is 9.53 Å². The van der Waals surface area contributed by atoms with Gasteiger partial charge in [-0.05, 0) is 29.7 Å². The maximum absolute atomic E-state index is 12.4. The number of anilines is 1. The maximum atomic E-state index is 12.4. The highest BCUT2D eigenvalue weighted by atomic mass is 16.6. The molecule has 0 unspecified atom stereocenters. The number of hydrogen-bond donors (Lipinski definition) is 2. The molecule has 8 nitrogen and oxygen atoms in total. The van der Waals surface area contributed by atoms with Crippen LogP contribution in [0.4, 0.5) is 10.6 Å². The van der Waals surface area contributed by atoms with Crippen LogP contribution < -0.4 is 5.73 Å². The third kappa shape index (κ3) is 4.02. The molecule has 2 aromatic carbocycles. The van der Waals surface area contributed by atoms with Crippen LogP contribution in [0.2, 0.25) is 0 Å². The number of carbonyl (C=O) groups excluding carboxylic acids is 1. The first-order chi connectivity index (χ1) is 15.7. The van der Waals surface area contributed by atoms with E-state index in [1.165, 1.54) is 0 Å². The number of carbonyl (C=O) groups is 1. The van der Waals surface area contributed by atoms with E-state index in [1.54, 1.807) is 11.1 Å². The number of nitrogens with zero attached hydrogens (tertiary/aromatic N) is 4. The van der Waals surface area contributed by atoms with E-state index in [0.29, 0.717) is 36.8 Å². The summed E-state index contributed by atoms with van der Waals surface area (Å²) in [6.07, 6.45) is 3.97. The van der Waals surface area contributed by atoms with E-state index in [-0.39, 0.29) is 12.7 Å². The SMILES string of the molecule is Nc1ncc(C2=CCN(C(=O)OCc3ccccc3)CC2)nc1-c1nc2ccccc2[nH]1. The Hall–Kier alpha value is -4.20. The number of H-pyrrole nitrogens is 1. The Balaban J connectivity index is 1.30. The lowest BCUT2D eigenvalue weighted by Gasteiger charge is -2.25. The molecule has 8 heteroatoms. The molecule has 2 aromatic heterocycles. The second-order valence-corrected chi connectivity index (χ2v) is 7.56. The van der Waals surface area contributed by atoms with E-state index in [2.05, 4.69) is 15.0 Å². The van der Waals surface area contributed by atoms with Gasteiger partial charge in [-0.1, -0.05) is 48.5 Å². The minimum atomic E-state index is -0.324. The van der Waals surface area contributed by atoms with Crippen LogP contribution in [0.25, 0.3) is 28.1 Å². The number of benzene rings is 2. The van der Waals surface area contributed by atoms with Crippen molar-refractivity contribution in [3.05, 3.63) is 78.1 Å². The van der Waals surface area contributed by atoms with Crippen molar-refractivity contribution in [2.75, 3.05) is 18.8 Å². The van der Waals surface area contributed by atoms with Crippen LogP contribution in [-0.4, -0.2) is 44.0 Å². The van der Waals surface area contributed by atoms with Gasteiger partial charge >= 0.3 is 6.09 Å². The lowest BCUT2D eigenvalue weighted by molar-refractivity contribution is 0.0998. The van der Waals surface area contributed by atoms with Crippen molar-refractivity contribution in [2.45, 2.75) is 13.0 Å². The Morgan fingerprint density at radius 3 is 2.69 bits per heavy atom. The van der Waals surface area contributed by atoms with Gasteiger partial charge in [0, 0.05) is 13.1 Å². The lowest BCUT2D eigenvalue weighted by Crippen LogP contribution is -2.35. The zero-order valence-electron chi connectivity index (χ0n) is 17.4. The van der Waals surface area contributed by atoms with E-state index >= 15 is 0 Å². The summed E-state index contributed by atoms with van der Waals surface area (Å²) in [5.74, 6) is 0.899. The highest BCUT2D eigenvalue weighted by Gasteiger charge is 2.21. The van der Waals surface area contributed by atoms with E-state index in [0.717, 1.165) is 27.9 Å².